The third kappa shape index (κ3) is 3.90. The number of hydrogen-bond acceptors (Lipinski definition) is 7. The Hall–Kier alpha value is -2.55. The lowest BCUT2D eigenvalue weighted by Gasteiger charge is -2.24. The van der Waals surface area contributed by atoms with Crippen LogP contribution in [0.4, 0.5) is 10.9 Å². The van der Waals surface area contributed by atoms with Crippen molar-refractivity contribution in [2.24, 2.45) is 0 Å². The van der Waals surface area contributed by atoms with Crippen LogP contribution in [0.15, 0.2) is 30.5 Å². The third-order valence-corrected chi connectivity index (χ3v) is 6.71. The molecule has 6 bridgehead atoms. The van der Waals surface area contributed by atoms with Crippen molar-refractivity contribution in [2.45, 2.75) is 38.9 Å². The number of rotatable bonds is 0. The van der Waals surface area contributed by atoms with Gasteiger partial charge in [0.2, 0.25) is 0 Å². The summed E-state index contributed by atoms with van der Waals surface area (Å²) in [7, 11) is 0. The van der Waals surface area contributed by atoms with Crippen LogP contribution in [-0.2, 0) is 13.1 Å². The van der Waals surface area contributed by atoms with Crippen molar-refractivity contribution in [1.82, 2.24) is 25.2 Å². The van der Waals surface area contributed by atoms with Crippen molar-refractivity contribution in [3.63, 3.8) is 0 Å². The maximum absolute atomic E-state index is 12.6. The minimum atomic E-state index is -0.173. The van der Waals surface area contributed by atoms with Crippen molar-refractivity contribution in [2.75, 3.05) is 11.9 Å². The van der Waals surface area contributed by atoms with Gasteiger partial charge in [-0.15, -0.1) is 0 Å². The molecule has 0 saturated carbocycles. The minimum absolute atomic E-state index is 0.170. The topological polar surface area (TPSA) is 83.0 Å². The molecule has 30 heavy (non-hydrogen) atoms. The number of halogens is 1. The Kier molecular flexibility index (Phi) is 5.14. The smallest absolute Gasteiger partial charge is 0.263 e. The monoisotopic (exact) mass is 440 g/mol. The van der Waals surface area contributed by atoms with Gasteiger partial charge in [-0.2, -0.15) is 0 Å². The SMILES string of the molecule is Cc1cc2nc(n1)C1CCCN1Cc1ccc(Cl)c(c1)CNC(=O)c1cnc(s1)N2. The number of anilines is 2. The molecule has 7 nitrogen and oxygen atoms in total. The standard InChI is InChI=1S/C21H21ClN6OS/c1-12-7-18-26-19(25-12)16-3-2-6-28(16)11-13-4-5-15(22)14(8-13)9-23-20(29)17-10-24-21(27-18)30-17/h4-5,7-8,10,16H,2-3,6,9,11H2,1H3,(H,23,29)(H,24,25,26,27). The second kappa shape index (κ2) is 7.94. The molecule has 9 heteroatoms. The summed E-state index contributed by atoms with van der Waals surface area (Å²) >= 11 is 7.68. The fraction of sp³-hybridized carbons (Fsp3) is 0.333. The molecule has 1 aromatic carbocycles. The molecule has 1 unspecified atom stereocenters. The molecule has 0 spiro atoms. The van der Waals surface area contributed by atoms with Crippen molar-refractivity contribution < 1.29 is 4.79 Å². The first-order valence-electron chi connectivity index (χ1n) is 9.93. The van der Waals surface area contributed by atoms with Gasteiger partial charge in [-0.3, -0.25) is 9.69 Å². The first kappa shape index (κ1) is 19.4. The normalized spacial score (nSPS) is 19.1. The van der Waals surface area contributed by atoms with Crippen LogP contribution in [0.3, 0.4) is 0 Å². The molecule has 0 aliphatic carbocycles. The molecule has 2 aliphatic heterocycles. The number of carbonyl (C=O) groups is 1. The predicted octanol–water partition coefficient (Wildman–Crippen LogP) is 4.22. The van der Waals surface area contributed by atoms with Crippen molar-refractivity contribution in [1.29, 1.82) is 0 Å². The lowest BCUT2D eigenvalue weighted by atomic mass is 10.1. The number of carbonyl (C=O) groups excluding carboxylic acids is 1. The van der Waals surface area contributed by atoms with Gasteiger partial charge in [0.1, 0.15) is 16.5 Å². The summed E-state index contributed by atoms with van der Waals surface area (Å²) in [5.74, 6) is 1.35. The molecule has 2 N–H and O–H groups in total. The molecule has 1 fully saturated rings. The van der Waals surface area contributed by atoms with Crippen molar-refractivity contribution in [3.05, 3.63) is 63.0 Å². The van der Waals surface area contributed by atoms with E-state index in [0.29, 0.717) is 27.4 Å². The average molecular weight is 441 g/mol. The number of thiazole rings is 1. The number of nitrogens with zero attached hydrogens (tertiary/aromatic N) is 4. The highest BCUT2D eigenvalue weighted by Crippen LogP contribution is 2.33. The number of hydrogen-bond donors (Lipinski definition) is 2. The molecule has 0 radical (unpaired) electrons. The van der Waals surface area contributed by atoms with Crippen LogP contribution in [-0.4, -0.2) is 32.3 Å². The molecule has 1 saturated heterocycles. The first-order valence-corrected chi connectivity index (χ1v) is 11.1. The molecule has 2 aliphatic rings. The van der Waals surface area contributed by atoms with E-state index in [2.05, 4.69) is 26.6 Å². The van der Waals surface area contributed by atoms with Crippen molar-refractivity contribution >= 4 is 39.8 Å². The molecule has 154 valence electrons. The Morgan fingerprint density at radius 2 is 2.17 bits per heavy atom. The summed E-state index contributed by atoms with van der Waals surface area (Å²) in [6, 6.07) is 8.10. The molecular formula is C21H21ClN6OS. The fourth-order valence-electron chi connectivity index (χ4n) is 4.02. The zero-order valence-electron chi connectivity index (χ0n) is 16.5. The summed E-state index contributed by atoms with van der Waals surface area (Å²) in [5, 5.41) is 7.46. The molecule has 1 atom stereocenters. The van der Waals surface area contributed by atoms with Gasteiger partial charge >= 0.3 is 0 Å². The number of aromatic nitrogens is 3. The van der Waals surface area contributed by atoms with E-state index in [1.807, 2.05) is 25.1 Å². The van der Waals surface area contributed by atoms with Gasteiger partial charge in [-0.05, 0) is 43.5 Å². The van der Waals surface area contributed by atoms with E-state index in [9.17, 15) is 4.79 Å². The minimum Gasteiger partial charge on any atom is -0.347 e. The Morgan fingerprint density at radius 1 is 1.27 bits per heavy atom. The quantitative estimate of drug-likeness (QED) is 0.544. The number of amides is 1. The Morgan fingerprint density at radius 3 is 3.07 bits per heavy atom. The van der Waals surface area contributed by atoms with E-state index in [4.69, 9.17) is 21.6 Å². The zero-order chi connectivity index (χ0) is 20.7. The summed E-state index contributed by atoms with van der Waals surface area (Å²) in [4.78, 5) is 29.4. The highest BCUT2D eigenvalue weighted by Gasteiger charge is 2.29. The van der Waals surface area contributed by atoms with Gasteiger partial charge in [-0.25, -0.2) is 15.0 Å². The van der Waals surface area contributed by atoms with Crippen LogP contribution in [0.1, 0.15) is 51.2 Å². The Balaban J connectivity index is 1.58. The molecule has 2 aromatic heterocycles. The number of benzene rings is 1. The van der Waals surface area contributed by atoms with Gasteiger partial charge in [0.05, 0.1) is 12.2 Å². The first-order chi connectivity index (χ1) is 14.5. The lowest BCUT2D eigenvalue weighted by molar-refractivity contribution is 0.0954. The van der Waals surface area contributed by atoms with Crippen LogP contribution in [0, 0.1) is 6.92 Å². The van der Waals surface area contributed by atoms with Gasteiger partial charge in [0, 0.05) is 29.9 Å². The van der Waals surface area contributed by atoms with E-state index in [0.717, 1.165) is 48.6 Å². The van der Waals surface area contributed by atoms with E-state index < -0.39 is 0 Å². The Labute approximate surface area is 183 Å². The van der Waals surface area contributed by atoms with E-state index in [1.54, 1.807) is 6.20 Å². The van der Waals surface area contributed by atoms with E-state index in [1.165, 1.54) is 11.3 Å². The van der Waals surface area contributed by atoms with Crippen LogP contribution in [0.5, 0.6) is 0 Å². The Bertz CT molecular complexity index is 1120. The number of aryl methyl sites for hydroxylation is 1. The molecular weight excluding hydrogens is 420 g/mol. The lowest BCUT2D eigenvalue weighted by Crippen LogP contribution is -2.25. The second-order valence-electron chi connectivity index (χ2n) is 7.64. The maximum Gasteiger partial charge on any atom is 0.263 e. The summed E-state index contributed by atoms with van der Waals surface area (Å²) in [6.07, 6.45) is 3.71. The second-order valence-corrected chi connectivity index (χ2v) is 9.08. The predicted molar refractivity (Wildman–Crippen MR) is 117 cm³/mol. The summed E-state index contributed by atoms with van der Waals surface area (Å²) in [5.41, 5.74) is 2.97. The van der Waals surface area contributed by atoms with E-state index in [-0.39, 0.29) is 11.9 Å². The van der Waals surface area contributed by atoms with Gasteiger partial charge in [0.25, 0.3) is 5.91 Å². The van der Waals surface area contributed by atoms with Crippen LogP contribution < -0.4 is 10.6 Å². The van der Waals surface area contributed by atoms with Crippen LogP contribution in [0.2, 0.25) is 5.02 Å². The molecule has 3 aromatic rings. The highest BCUT2D eigenvalue weighted by molar-refractivity contribution is 7.17. The fourth-order valence-corrected chi connectivity index (χ4v) is 4.94. The van der Waals surface area contributed by atoms with Gasteiger partial charge < -0.3 is 10.6 Å². The van der Waals surface area contributed by atoms with Gasteiger partial charge in [-0.1, -0.05) is 35.1 Å². The molecule has 5 rings (SSSR count). The summed E-state index contributed by atoms with van der Waals surface area (Å²) < 4.78 is 0. The maximum atomic E-state index is 12.6. The largest absolute Gasteiger partial charge is 0.347 e. The molecule has 4 heterocycles. The van der Waals surface area contributed by atoms with E-state index >= 15 is 0 Å². The number of fused-ring (bicyclic) bond motifs is 8. The van der Waals surface area contributed by atoms with Gasteiger partial charge in [0.15, 0.2) is 5.13 Å². The number of nitrogens with one attached hydrogen (secondary N) is 2. The van der Waals surface area contributed by atoms with Crippen LogP contribution in [0.25, 0.3) is 0 Å². The molecule has 1 amide bonds. The summed E-state index contributed by atoms with van der Waals surface area (Å²) in [6.45, 7) is 4.13. The average Bonchev–Trinajstić information content (AvgIpc) is 3.37. The van der Waals surface area contributed by atoms with Crippen molar-refractivity contribution in [3.8, 4) is 0 Å². The zero-order valence-corrected chi connectivity index (χ0v) is 18.1. The highest BCUT2D eigenvalue weighted by atomic mass is 35.5. The van der Waals surface area contributed by atoms with Crippen LogP contribution >= 0.6 is 22.9 Å². The third-order valence-electron chi connectivity index (χ3n) is 5.43.